The summed E-state index contributed by atoms with van der Waals surface area (Å²) in [6.45, 7) is 30.0. The summed E-state index contributed by atoms with van der Waals surface area (Å²) in [4.78, 5) is 0. The van der Waals surface area contributed by atoms with E-state index in [1.165, 1.54) is 39.3 Å². The second-order valence-electron chi connectivity index (χ2n) is 8.42. The second kappa shape index (κ2) is 18.9. The van der Waals surface area contributed by atoms with Crippen LogP contribution < -0.4 is 0 Å². The van der Waals surface area contributed by atoms with Gasteiger partial charge in [0.25, 0.3) is 0 Å². The van der Waals surface area contributed by atoms with E-state index in [9.17, 15) is 0 Å². The Morgan fingerprint density at radius 1 is 0.433 bits per heavy atom. The minimum atomic E-state index is -1.90. The van der Waals surface area contributed by atoms with Gasteiger partial charge in [-0.2, -0.15) is 0 Å². The average Bonchev–Trinajstić information content (AvgIpc) is 2.73. The zero-order valence-electron chi connectivity index (χ0n) is 23.1. The molecule has 30 heavy (non-hydrogen) atoms. The Bertz CT molecular complexity index is 344. The van der Waals surface area contributed by atoms with Crippen molar-refractivity contribution in [3.8, 4) is 0 Å². The van der Waals surface area contributed by atoms with Crippen LogP contribution in [0.1, 0.15) is 69.2 Å². The van der Waals surface area contributed by atoms with Gasteiger partial charge < -0.3 is 0 Å². The van der Waals surface area contributed by atoms with Crippen LogP contribution in [0, 0.1) is 0 Å². The molecule has 6 nitrogen and oxygen atoms in total. The monoisotopic (exact) mass is 764 g/mol. The SMILES string of the molecule is CC[N](C)[Hf]([N](C)CC)[N](CC)C(C)C.CC[N](C)[Hf]([N](C)CC)[N](CC)C(C)C. The molecule has 0 aliphatic rings. The zero-order valence-corrected chi connectivity index (χ0v) is 30.3. The van der Waals surface area contributed by atoms with Crippen molar-refractivity contribution in [3.63, 3.8) is 0 Å². The van der Waals surface area contributed by atoms with Crippen LogP contribution >= 0.6 is 0 Å². The summed E-state index contributed by atoms with van der Waals surface area (Å²) in [5, 5.41) is 0. The van der Waals surface area contributed by atoms with Gasteiger partial charge in [-0.15, -0.1) is 0 Å². The molecule has 0 rings (SSSR count). The molecule has 0 bridgehead atoms. The molecule has 0 heterocycles. The predicted molar refractivity (Wildman–Crippen MR) is 128 cm³/mol. The van der Waals surface area contributed by atoms with E-state index in [1.807, 2.05) is 0 Å². The second-order valence-corrected chi connectivity index (χ2v) is 27.8. The van der Waals surface area contributed by atoms with Crippen molar-refractivity contribution in [1.82, 2.24) is 17.3 Å². The number of hydrogen-bond acceptors (Lipinski definition) is 6. The van der Waals surface area contributed by atoms with Crippen LogP contribution in [0.15, 0.2) is 0 Å². The summed E-state index contributed by atoms with van der Waals surface area (Å²) in [7, 11) is 9.16. The van der Waals surface area contributed by atoms with Crippen LogP contribution in [0.3, 0.4) is 0 Å². The van der Waals surface area contributed by atoms with Crippen LogP contribution in [0.5, 0.6) is 0 Å². The van der Waals surface area contributed by atoms with E-state index in [-0.39, 0.29) is 0 Å². The van der Waals surface area contributed by atoms with Crippen LogP contribution in [0.2, 0.25) is 0 Å². The molecule has 0 atom stereocenters. The van der Waals surface area contributed by atoms with Gasteiger partial charge in [-0.1, -0.05) is 0 Å². The molecule has 0 aromatic carbocycles. The third kappa shape index (κ3) is 11.6. The first-order chi connectivity index (χ1) is 14.0. The Kier molecular flexibility index (Phi) is 21.2. The number of nitrogens with zero attached hydrogens (tertiary/aromatic N) is 6. The Morgan fingerprint density at radius 3 is 0.733 bits per heavy atom. The van der Waals surface area contributed by atoms with Crippen molar-refractivity contribution in [2.75, 3.05) is 67.5 Å². The van der Waals surface area contributed by atoms with E-state index >= 15 is 0 Å². The maximum absolute atomic E-state index is 2.73. The number of rotatable bonds is 14. The van der Waals surface area contributed by atoms with E-state index in [4.69, 9.17) is 0 Å². The van der Waals surface area contributed by atoms with Crippen molar-refractivity contribution in [2.24, 2.45) is 0 Å². The standard InChI is InChI=1S/2C5H12N.4C3H8N.2Hf/c2*1-4-6-5(2)3;4*1-3-4-2;;/h2*5H,4H2,1-3H3;4*3H2,1-2H3;;/q6*-1;2*+3. The molecule has 0 unspecified atom stereocenters. The molecule has 182 valence electrons. The Labute approximate surface area is 209 Å². The summed E-state index contributed by atoms with van der Waals surface area (Å²) >= 11 is -3.81. The normalized spacial score (nSPS) is 12.2. The van der Waals surface area contributed by atoms with E-state index in [0.717, 1.165) is 0 Å². The van der Waals surface area contributed by atoms with Gasteiger partial charge in [0, 0.05) is 0 Å². The summed E-state index contributed by atoms with van der Waals surface area (Å²) < 4.78 is 15.9. The predicted octanol–water partition coefficient (Wildman–Crippen LogP) is 3.97. The van der Waals surface area contributed by atoms with Gasteiger partial charge in [-0.3, -0.25) is 0 Å². The molecule has 0 N–H and O–H groups in total. The van der Waals surface area contributed by atoms with Gasteiger partial charge in [0.1, 0.15) is 0 Å². The molecule has 0 aromatic rings. The fraction of sp³-hybridized carbons (Fsp3) is 1.00. The Morgan fingerprint density at radius 2 is 0.633 bits per heavy atom. The molecule has 0 aliphatic heterocycles. The van der Waals surface area contributed by atoms with E-state index in [0.29, 0.717) is 12.1 Å². The van der Waals surface area contributed by atoms with Crippen molar-refractivity contribution in [2.45, 2.75) is 81.3 Å². The van der Waals surface area contributed by atoms with Gasteiger partial charge >= 0.3 is 211 Å². The molecular formula is C22H56Hf2N6. The fourth-order valence-corrected chi connectivity index (χ4v) is 23.4. The topological polar surface area (TPSA) is 19.4 Å². The van der Waals surface area contributed by atoms with Crippen LogP contribution in [-0.4, -0.2) is 96.9 Å². The summed E-state index contributed by atoms with van der Waals surface area (Å²) in [5.41, 5.74) is 0. The van der Waals surface area contributed by atoms with Crippen LogP contribution in [0.4, 0.5) is 0 Å². The zero-order chi connectivity index (χ0) is 24.0. The summed E-state index contributed by atoms with van der Waals surface area (Å²) in [6, 6.07) is 1.36. The van der Waals surface area contributed by atoms with Gasteiger partial charge in [-0.05, 0) is 0 Å². The molecule has 0 amide bonds. The first-order valence-corrected chi connectivity index (χ1v) is 21.7. The first kappa shape index (κ1) is 33.7. The fourth-order valence-electron chi connectivity index (χ4n) is 3.50. The molecule has 0 spiro atoms. The maximum atomic E-state index is 2.73. The average molecular weight is 762 g/mol. The van der Waals surface area contributed by atoms with Crippen molar-refractivity contribution in [3.05, 3.63) is 0 Å². The third-order valence-corrected chi connectivity index (χ3v) is 29.7. The van der Waals surface area contributed by atoms with E-state index in [1.54, 1.807) is 0 Å². The third-order valence-electron chi connectivity index (χ3n) is 5.70. The Hall–Kier alpha value is 1.50. The van der Waals surface area contributed by atoms with Gasteiger partial charge in [-0.25, -0.2) is 0 Å². The van der Waals surface area contributed by atoms with Gasteiger partial charge in [0.05, 0.1) is 0 Å². The molecule has 0 saturated heterocycles. The molecule has 8 heteroatoms. The molecule has 0 saturated carbocycles. The van der Waals surface area contributed by atoms with Gasteiger partial charge in [0.15, 0.2) is 0 Å². The quantitative estimate of drug-likeness (QED) is 0.248. The first-order valence-electron chi connectivity index (χ1n) is 12.1. The van der Waals surface area contributed by atoms with Gasteiger partial charge in [0.2, 0.25) is 0 Å². The number of hydrogen-bond donors (Lipinski definition) is 0. The molecule has 0 fully saturated rings. The van der Waals surface area contributed by atoms with E-state index in [2.05, 4.69) is 115 Å². The van der Waals surface area contributed by atoms with Crippen molar-refractivity contribution < 1.29 is 44.6 Å². The van der Waals surface area contributed by atoms with Crippen LogP contribution in [0.25, 0.3) is 0 Å². The van der Waals surface area contributed by atoms with Crippen LogP contribution in [-0.2, 0) is 44.6 Å². The molecule has 0 aliphatic carbocycles. The Balaban J connectivity index is 0. The summed E-state index contributed by atoms with van der Waals surface area (Å²) in [6.07, 6.45) is 0. The molecule has 0 aromatic heterocycles. The van der Waals surface area contributed by atoms with Crippen molar-refractivity contribution >= 4 is 0 Å². The van der Waals surface area contributed by atoms with E-state index < -0.39 is 44.6 Å². The molecule has 0 radical (unpaired) electrons. The molecular weight excluding hydrogens is 705 g/mol. The minimum absolute atomic E-state index is 0.681. The van der Waals surface area contributed by atoms with Crippen molar-refractivity contribution in [1.29, 1.82) is 0 Å². The summed E-state index contributed by atoms with van der Waals surface area (Å²) in [5.74, 6) is 0.